The Bertz CT molecular complexity index is 784. The van der Waals surface area contributed by atoms with Gasteiger partial charge in [0.2, 0.25) is 5.43 Å². The Labute approximate surface area is 132 Å². The van der Waals surface area contributed by atoms with Gasteiger partial charge in [-0.2, -0.15) is 0 Å². The fourth-order valence-corrected chi connectivity index (χ4v) is 1.81. The van der Waals surface area contributed by atoms with Crippen molar-refractivity contribution in [3.63, 3.8) is 0 Å². The maximum absolute atomic E-state index is 13.3. The van der Waals surface area contributed by atoms with E-state index in [2.05, 4.69) is 4.98 Å². The predicted molar refractivity (Wildman–Crippen MR) is 82.8 cm³/mol. The number of carbonyl (C=O) groups excluding carboxylic acids is 1. The second kappa shape index (κ2) is 6.56. The lowest BCUT2D eigenvalue weighted by atomic mass is 10.1. The van der Waals surface area contributed by atoms with Gasteiger partial charge in [0.05, 0.1) is 6.20 Å². The third-order valence-electron chi connectivity index (χ3n) is 2.69. The van der Waals surface area contributed by atoms with Gasteiger partial charge in [0.1, 0.15) is 11.4 Å². The fraction of sp³-hybridized carbons (Fsp3) is 0.235. The number of ether oxygens (including phenoxy) is 2. The summed E-state index contributed by atoms with van der Waals surface area (Å²) in [6.07, 6.45) is 1.41. The molecule has 2 rings (SSSR count). The zero-order valence-electron chi connectivity index (χ0n) is 13.0. The lowest BCUT2D eigenvalue weighted by molar-refractivity contribution is 0.0204. The third-order valence-corrected chi connectivity index (χ3v) is 2.69. The molecule has 0 unspecified atom stereocenters. The molecular weight excluding hydrogens is 301 g/mol. The Morgan fingerprint density at radius 2 is 1.87 bits per heavy atom. The van der Waals surface area contributed by atoms with Gasteiger partial charge in [0.15, 0.2) is 5.75 Å². The maximum Gasteiger partial charge on any atom is 0.514 e. The predicted octanol–water partition coefficient (Wildman–Crippen LogP) is 3.56. The van der Waals surface area contributed by atoms with Crippen molar-refractivity contribution < 1.29 is 18.7 Å². The standard InChI is InChI=1S/C17H16FNO4/c1-17(2,3)23-16(21)22-14-7-5-4-6-13(15(14)20)11-8-12(18)10-19-9-11/h4-10H,1-3H3. The van der Waals surface area contributed by atoms with E-state index in [0.717, 1.165) is 6.20 Å². The molecule has 5 nitrogen and oxygen atoms in total. The second-order valence-corrected chi connectivity index (χ2v) is 5.78. The van der Waals surface area contributed by atoms with Crippen molar-refractivity contribution in [3.05, 3.63) is 58.8 Å². The molecule has 0 amide bonds. The highest BCUT2D eigenvalue weighted by molar-refractivity contribution is 5.67. The van der Waals surface area contributed by atoms with Gasteiger partial charge >= 0.3 is 6.16 Å². The van der Waals surface area contributed by atoms with Crippen molar-refractivity contribution in [2.24, 2.45) is 0 Å². The Morgan fingerprint density at radius 3 is 2.52 bits per heavy atom. The molecule has 1 aromatic carbocycles. The Kier molecular flexibility index (Phi) is 4.74. The van der Waals surface area contributed by atoms with Crippen LogP contribution in [-0.2, 0) is 4.74 Å². The van der Waals surface area contributed by atoms with Gasteiger partial charge < -0.3 is 9.47 Å². The van der Waals surface area contributed by atoms with Crippen LogP contribution in [0.5, 0.6) is 5.75 Å². The summed E-state index contributed by atoms with van der Waals surface area (Å²) in [6.45, 7) is 5.05. The van der Waals surface area contributed by atoms with Crippen LogP contribution >= 0.6 is 0 Å². The lowest BCUT2D eigenvalue weighted by Gasteiger charge is -2.18. The van der Waals surface area contributed by atoms with Crippen molar-refractivity contribution in [1.82, 2.24) is 4.98 Å². The van der Waals surface area contributed by atoms with E-state index < -0.39 is 23.0 Å². The molecule has 0 saturated heterocycles. The fourth-order valence-electron chi connectivity index (χ4n) is 1.81. The molecule has 0 aliphatic carbocycles. The molecular formula is C17H16FNO4. The van der Waals surface area contributed by atoms with Gasteiger partial charge in [-0.3, -0.25) is 9.78 Å². The zero-order chi connectivity index (χ0) is 17.0. The summed E-state index contributed by atoms with van der Waals surface area (Å²) in [4.78, 5) is 27.9. The summed E-state index contributed by atoms with van der Waals surface area (Å²) in [5.74, 6) is -0.772. The summed E-state index contributed by atoms with van der Waals surface area (Å²) in [5, 5.41) is 0. The summed E-state index contributed by atoms with van der Waals surface area (Å²) < 4.78 is 23.3. The molecule has 120 valence electrons. The molecule has 0 atom stereocenters. The molecule has 1 aromatic heterocycles. The maximum atomic E-state index is 13.3. The van der Waals surface area contributed by atoms with Crippen molar-refractivity contribution in [2.75, 3.05) is 0 Å². The number of rotatable bonds is 2. The summed E-state index contributed by atoms with van der Waals surface area (Å²) in [5.41, 5.74) is -0.846. The molecule has 0 aliphatic rings. The topological polar surface area (TPSA) is 65.5 Å². The molecule has 1 heterocycles. The van der Waals surface area contributed by atoms with Crippen LogP contribution in [0.1, 0.15) is 20.8 Å². The number of pyridine rings is 1. The molecule has 0 N–H and O–H groups in total. The van der Waals surface area contributed by atoms with Crippen molar-refractivity contribution in [3.8, 4) is 16.9 Å². The Hall–Kier alpha value is -2.76. The quantitative estimate of drug-likeness (QED) is 0.792. The van der Waals surface area contributed by atoms with Gasteiger partial charge in [-0.05, 0) is 32.9 Å². The Balaban J connectivity index is 2.40. The van der Waals surface area contributed by atoms with Gasteiger partial charge in [0.25, 0.3) is 0 Å². The average molecular weight is 317 g/mol. The van der Waals surface area contributed by atoms with Gasteiger partial charge in [0, 0.05) is 17.3 Å². The molecule has 0 radical (unpaired) electrons. The zero-order valence-corrected chi connectivity index (χ0v) is 13.0. The Morgan fingerprint density at radius 1 is 1.17 bits per heavy atom. The number of carbonyl (C=O) groups is 1. The van der Waals surface area contributed by atoms with Crippen molar-refractivity contribution >= 4 is 6.16 Å². The smallest absolute Gasteiger partial charge is 0.428 e. The molecule has 0 fully saturated rings. The van der Waals surface area contributed by atoms with E-state index in [1.54, 1.807) is 26.8 Å². The molecule has 6 heteroatoms. The first-order chi connectivity index (χ1) is 10.8. The number of hydrogen-bond acceptors (Lipinski definition) is 5. The number of aromatic nitrogens is 1. The minimum absolute atomic E-state index is 0.167. The molecule has 0 spiro atoms. The highest BCUT2D eigenvalue weighted by Gasteiger charge is 2.19. The summed E-state index contributed by atoms with van der Waals surface area (Å²) in [7, 11) is 0. The first kappa shape index (κ1) is 16.6. The summed E-state index contributed by atoms with van der Waals surface area (Å²) >= 11 is 0. The molecule has 23 heavy (non-hydrogen) atoms. The van der Waals surface area contributed by atoms with Crippen LogP contribution in [0.4, 0.5) is 9.18 Å². The van der Waals surface area contributed by atoms with Crippen molar-refractivity contribution in [2.45, 2.75) is 26.4 Å². The highest BCUT2D eigenvalue weighted by Crippen LogP contribution is 2.18. The molecule has 0 bridgehead atoms. The van der Waals surface area contributed by atoms with E-state index in [-0.39, 0.29) is 11.3 Å². The molecule has 2 aromatic rings. The highest BCUT2D eigenvalue weighted by atomic mass is 19.1. The minimum Gasteiger partial charge on any atom is -0.428 e. The van der Waals surface area contributed by atoms with E-state index in [4.69, 9.17) is 9.47 Å². The van der Waals surface area contributed by atoms with Crippen LogP contribution in [0.15, 0.2) is 47.5 Å². The molecule has 0 aliphatic heterocycles. The van der Waals surface area contributed by atoms with Crippen LogP contribution in [-0.4, -0.2) is 16.7 Å². The van der Waals surface area contributed by atoms with Crippen LogP contribution in [0.25, 0.3) is 11.1 Å². The number of hydrogen-bond donors (Lipinski definition) is 0. The monoisotopic (exact) mass is 317 g/mol. The lowest BCUT2D eigenvalue weighted by Crippen LogP contribution is -2.27. The van der Waals surface area contributed by atoms with E-state index in [1.165, 1.54) is 30.5 Å². The van der Waals surface area contributed by atoms with Crippen LogP contribution in [0, 0.1) is 5.82 Å². The van der Waals surface area contributed by atoms with E-state index in [0.29, 0.717) is 5.56 Å². The van der Waals surface area contributed by atoms with Gasteiger partial charge in [-0.1, -0.05) is 18.2 Å². The normalized spacial score (nSPS) is 11.0. The van der Waals surface area contributed by atoms with Crippen LogP contribution in [0.2, 0.25) is 0 Å². The molecule has 0 saturated carbocycles. The number of halogens is 1. The SMILES string of the molecule is CC(C)(C)OC(=O)Oc1ccccc(-c2cncc(F)c2)c1=O. The van der Waals surface area contributed by atoms with Gasteiger partial charge in [-0.25, -0.2) is 9.18 Å². The third kappa shape index (κ3) is 4.60. The average Bonchev–Trinajstić information content (AvgIpc) is 2.60. The van der Waals surface area contributed by atoms with Gasteiger partial charge in [-0.15, -0.1) is 0 Å². The minimum atomic E-state index is -0.982. The van der Waals surface area contributed by atoms with E-state index in [9.17, 15) is 14.0 Å². The number of nitrogens with zero attached hydrogens (tertiary/aromatic N) is 1. The first-order valence-electron chi connectivity index (χ1n) is 6.91. The van der Waals surface area contributed by atoms with Crippen LogP contribution in [0.3, 0.4) is 0 Å². The largest absolute Gasteiger partial charge is 0.514 e. The van der Waals surface area contributed by atoms with E-state index >= 15 is 0 Å². The van der Waals surface area contributed by atoms with Crippen molar-refractivity contribution in [1.29, 1.82) is 0 Å². The summed E-state index contributed by atoms with van der Waals surface area (Å²) in [6, 6.07) is 7.16. The second-order valence-electron chi connectivity index (χ2n) is 5.78. The van der Waals surface area contributed by atoms with Crippen LogP contribution < -0.4 is 10.2 Å². The first-order valence-corrected chi connectivity index (χ1v) is 6.91. The van der Waals surface area contributed by atoms with E-state index in [1.807, 2.05) is 0 Å².